The maximum absolute atomic E-state index is 11.3. The number of carbonyl (C=O) groups is 1. The van der Waals surface area contributed by atoms with E-state index in [1.54, 1.807) is 0 Å². The lowest BCUT2D eigenvalue weighted by Gasteiger charge is -2.06. The maximum Gasteiger partial charge on any atom is 0.310 e. The Hall–Kier alpha value is -1.51. The Morgan fingerprint density at radius 1 is 1.11 bits per heavy atom. The highest BCUT2D eigenvalue weighted by atomic mass is 16.5. The standard InChI is InChI=1S/C15H22O3/c1-3-5-6-11-18-14-9-7-13(8-10-14)12-15(16)17-4-2/h7-10H,3-6,11-12H2,1-2H3. The Morgan fingerprint density at radius 2 is 1.83 bits per heavy atom. The number of unbranched alkanes of at least 4 members (excludes halogenated alkanes) is 2. The number of benzene rings is 1. The first kappa shape index (κ1) is 14.6. The van der Waals surface area contributed by atoms with Crippen molar-refractivity contribution in [2.75, 3.05) is 13.2 Å². The molecule has 0 saturated heterocycles. The molecule has 0 heterocycles. The van der Waals surface area contributed by atoms with E-state index < -0.39 is 0 Å². The highest BCUT2D eigenvalue weighted by Gasteiger charge is 2.03. The number of ether oxygens (including phenoxy) is 2. The monoisotopic (exact) mass is 250 g/mol. The third-order valence-electron chi connectivity index (χ3n) is 2.59. The minimum absolute atomic E-state index is 0.186. The molecule has 1 rings (SSSR count). The van der Waals surface area contributed by atoms with E-state index in [0.29, 0.717) is 13.0 Å². The van der Waals surface area contributed by atoms with Gasteiger partial charge in [0.15, 0.2) is 0 Å². The molecule has 0 aliphatic rings. The maximum atomic E-state index is 11.3. The molecule has 1 aromatic carbocycles. The van der Waals surface area contributed by atoms with E-state index in [1.165, 1.54) is 12.8 Å². The van der Waals surface area contributed by atoms with Crippen molar-refractivity contribution in [1.82, 2.24) is 0 Å². The third-order valence-corrected chi connectivity index (χ3v) is 2.59. The first-order valence-electron chi connectivity index (χ1n) is 6.63. The van der Waals surface area contributed by atoms with Crippen molar-refractivity contribution in [2.24, 2.45) is 0 Å². The molecular formula is C15H22O3. The van der Waals surface area contributed by atoms with Crippen LogP contribution in [0.15, 0.2) is 24.3 Å². The molecule has 0 aliphatic heterocycles. The van der Waals surface area contributed by atoms with Gasteiger partial charge in [0.2, 0.25) is 0 Å². The number of rotatable bonds is 8. The zero-order chi connectivity index (χ0) is 13.2. The summed E-state index contributed by atoms with van der Waals surface area (Å²) < 4.78 is 10.5. The van der Waals surface area contributed by atoms with Crippen molar-refractivity contribution in [1.29, 1.82) is 0 Å². The van der Waals surface area contributed by atoms with Crippen LogP contribution in [0.4, 0.5) is 0 Å². The minimum Gasteiger partial charge on any atom is -0.494 e. The normalized spacial score (nSPS) is 10.1. The zero-order valence-corrected chi connectivity index (χ0v) is 11.3. The van der Waals surface area contributed by atoms with Crippen LogP contribution in [0, 0.1) is 0 Å². The van der Waals surface area contributed by atoms with E-state index in [2.05, 4.69) is 6.92 Å². The number of carbonyl (C=O) groups excluding carboxylic acids is 1. The highest BCUT2D eigenvalue weighted by molar-refractivity contribution is 5.72. The first-order chi connectivity index (χ1) is 8.76. The van der Waals surface area contributed by atoms with Crippen LogP contribution >= 0.6 is 0 Å². The quantitative estimate of drug-likeness (QED) is 0.524. The fourth-order valence-electron chi connectivity index (χ4n) is 1.62. The Labute approximate surface area is 109 Å². The van der Waals surface area contributed by atoms with Gasteiger partial charge >= 0.3 is 5.97 Å². The molecule has 0 saturated carbocycles. The molecule has 0 atom stereocenters. The molecule has 0 fully saturated rings. The SMILES string of the molecule is CCCCCOc1ccc(CC(=O)OCC)cc1. The lowest BCUT2D eigenvalue weighted by atomic mass is 10.1. The molecule has 0 unspecified atom stereocenters. The van der Waals surface area contributed by atoms with Gasteiger partial charge in [-0.05, 0) is 31.0 Å². The predicted molar refractivity (Wildman–Crippen MR) is 71.8 cm³/mol. The molecule has 100 valence electrons. The van der Waals surface area contributed by atoms with Crippen LogP contribution in [0.2, 0.25) is 0 Å². The number of hydrogen-bond acceptors (Lipinski definition) is 3. The summed E-state index contributed by atoms with van der Waals surface area (Å²) in [5.41, 5.74) is 0.953. The molecule has 3 heteroatoms. The largest absolute Gasteiger partial charge is 0.494 e. The molecular weight excluding hydrogens is 228 g/mol. The summed E-state index contributed by atoms with van der Waals surface area (Å²) in [6, 6.07) is 7.62. The van der Waals surface area contributed by atoms with Crippen LogP contribution < -0.4 is 4.74 Å². The highest BCUT2D eigenvalue weighted by Crippen LogP contribution is 2.13. The summed E-state index contributed by atoms with van der Waals surface area (Å²) in [7, 11) is 0. The van der Waals surface area contributed by atoms with E-state index in [4.69, 9.17) is 9.47 Å². The van der Waals surface area contributed by atoms with E-state index in [-0.39, 0.29) is 5.97 Å². The average molecular weight is 250 g/mol. The molecule has 18 heavy (non-hydrogen) atoms. The first-order valence-corrected chi connectivity index (χ1v) is 6.63. The molecule has 0 aliphatic carbocycles. The summed E-state index contributed by atoms with van der Waals surface area (Å²) in [5, 5.41) is 0. The Balaban J connectivity index is 2.35. The van der Waals surface area contributed by atoms with Crippen molar-refractivity contribution in [2.45, 2.75) is 39.5 Å². The second-order valence-electron chi connectivity index (χ2n) is 4.18. The predicted octanol–water partition coefficient (Wildman–Crippen LogP) is 3.36. The summed E-state index contributed by atoms with van der Waals surface area (Å²) in [6.45, 7) is 5.16. The van der Waals surface area contributed by atoms with Gasteiger partial charge in [-0.15, -0.1) is 0 Å². The molecule has 0 N–H and O–H groups in total. The summed E-state index contributed by atoms with van der Waals surface area (Å²) in [6.07, 6.45) is 3.80. The molecule has 0 aromatic heterocycles. The smallest absolute Gasteiger partial charge is 0.310 e. The van der Waals surface area contributed by atoms with Gasteiger partial charge in [-0.2, -0.15) is 0 Å². The fraction of sp³-hybridized carbons (Fsp3) is 0.533. The lowest BCUT2D eigenvalue weighted by Crippen LogP contribution is -2.07. The summed E-state index contributed by atoms with van der Waals surface area (Å²) in [5.74, 6) is 0.674. The van der Waals surface area contributed by atoms with Gasteiger partial charge < -0.3 is 9.47 Å². The summed E-state index contributed by atoms with van der Waals surface area (Å²) in [4.78, 5) is 11.3. The van der Waals surface area contributed by atoms with Crippen LogP contribution in [-0.4, -0.2) is 19.2 Å². The van der Waals surface area contributed by atoms with Crippen molar-refractivity contribution >= 4 is 5.97 Å². The summed E-state index contributed by atoms with van der Waals surface area (Å²) >= 11 is 0. The molecule has 3 nitrogen and oxygen atoms in total. The average Bonchev–Trinajstić information content (AvgIpc) is 2.37. The van der Waals surface area contributed by atoms with Gasteiger partial charge in [-0.1, -0.05) is 31.9 Å². The van der Waals surface area contributed by atoms with Gasteiger partial charge in [0, 0.05) is 0 Å². The van der Waals surface area contributed by atoms with Gasteiger partial charge in [0.25, 0.3) is 0 Å². The van der Waals surface area contributed by atoms with Crippen molar-refractivity contribution in [3.05, 3.63) is 29.8 Å². The molecule has 0 radical (unpaired) electrons. The van der Waals surface area contributed by atoms with Crippen LogP contribution in [0.1, 0.15) is 38.7 Å². The van der Waals surface area contributed by atoms with E-state index in [9.17, 15) is 4.79 Å². The van der Waals surface area contributed by atoms with Gasteiger partial charge in [0.05, 0.1) is 19.6 Å². The van der Waals surface area contributed by atoms with Crippen LogP contribution in [-0.2, 0) is 16.0 Å². The molecule has 1 aromatic rings. The van der Waals surface area contributed by atoms with Crippen LogP contribution in [0.5, 0.6) is 5.75 Å². The lowest BCUT2D eigenvalue weighted by molar-refractivity contribution is -0.142. The molecule has 0 bridgehead atoms. The fourth-order valence-corrected chi connectivity index (χ4v) is 1.62. The number of esters is 1. The van der Waals surface area contributed by atoms with Gasteiger partial charge in [0.1, 0.15) is 5.75 Å². The van der Waals surface area contributed by atoms with E-state index in [1.807, 2.05) is 31.2 Å². The van der Waals surface area contributed by atoms with Crippen LogP contribution in [0.25, 0.3) is 0 Å². The Morgan fingerprint density at radius 3 is 2.44 bits per heavy atom. The molecule has 0 spiro atoms. The second kappa shape index (κ2) is 8.56. The number of hydrogen-bond donors (Lipinski definition) is 0. The second-order valence-corrected chi connectivity index (χ2v) is 4.18. The topological polar surface area (TPSA) is 35.5 Å². The Kier molecular flexibility index (Phi) is 6.92. The van der Waals surface area contributed by atoms with Crippen molar-refractivity contribution in [3.63, 3.8) is 0 Å². The van der Waals surface area contributed by atoms with Crippen molar-refractivity contribution in [3.8, 4) is 5.75 Å². The zero-order valence-electron chi connectivity index (χ0n) is 11.3. The van der Waals surface area contributed by atoms with E-state index in [0.717, 1.165) is 24.3 Å². The van der Waals surface area contributed by atoms with Gasteiger partial charge in [-0.25, -0.2) is 0 Å². The molecule has 0 amide bonds. The minimum atomic E-state index is -0.186. The van der Waals surface area contributed by atoms with Gasteiger partial charge in [-0.3, -0.25) is 4.79 Å². The van der Waals surface area contributed by atoms with Crippen molar-refractivity contribution < 1.29 is 14.3 Å². The Bertz CT molecular complexity index is 343. The van der Waals surface area contributed by atoms with Crippen LogP contribution in [0.3, 0.4) is 0 Å². The third kappa shape index (κ3) is 5.71. The van der Waals surface area contributed by atoms with E-state index >= 15 is 0 Å².